The van der Waals surface area contributed by atoms with E-state index in [9.17, 15) is 0 Å². The van der Waals surface area contributed by atoms with Crippen molar-refractivity contribution in [3.63, 3.8) is 0 Å². The van der Waals surface area contributed by atoms with Crippen molar-refractivity contribution in [3.8, 4) is 0 Å². The van der Waals surface area contributed by atoms with Crippen molar-refractivity contribution in [2.24, 2.45) is 0 Å². The Morgan fingerprint density at radius 2 is 0.343 bits per heavy atom. The Morgan fingerprint density at radius 3 is 0.546 bits per heavy atom. The van der Waals surface area contributed by atoms with Crippen LogP contribution in [0.3, 0.4) is 0 Å². The number of fused-ring (bicyclic) bond motifs is 2. The highest BCUT2D eigenvalue weighted by atomic mass is 14.1. The van der Waals surface area contributed by atoms with Crippen molar-refractivity contribution in [3.05, 3.63) is 442 Å². The van der Waals surface area contributed by atoms with Gasteiger partial charge in [0.2, 0.25) is 0 Å². The maximum Gasteiger partial charge on any atom is -0.00258 e. The van der Waals surface area contributed by atoms with E-state index in [1.165, 1.54) is 103 Å². The fourth-order valence-corrected chi connectivity index (χ4v) is 9.59. The molecule has 0 amide bonds. The van der Waals surface area contributed by atoms with Crippen LogP contribution in [0.2, 0.25) is 0 Å². The minimum absolute atomic E-state index is 1.03. The van der Waals surface area contributed by atoms with E-state index in [4.69, 9.17) is 0 Å². The zero-order valence-electron chi connectivity index (χ0n) is 71.2. The second-order valence-electron chi connectivity index (χ2n) is 22.2. The molecule has 0 radical (unpaired) electrons. The molecule has 0 heterocycles. The third kappa shape index (κ3) is 52.5. The Morgan fingerprint density at radius 1 is 0.176 bits per heavy atom. The van der Waals surface area contributed by atoms with E-state index in [2.05, 4.69) is 307 Å². The van der Waals surface area contributed by atoms with Gasteiger partial charge in [-0.05, 0) is 133 Å². The molecule has 13 aromatic rings. The largest absolute Gasteiger partial charge is 0.0683 e. The van der Waals surface area contributed by atoms with Gasteiger partial charge in [-0.15, -0.1) is 0 Å². The summed E-state index contributed by atoms with van der Waals surface area (Å²) < 4.78 is 0. The zero-order valence-corrected chi connectivity index (χ0v) is 71.2. The minimum Gasteiger partial charge on any atom is -0.0683 e. The van der Waals surface area contributed by atoms with Crippen LogP contribution in [0.25, 0.3) is 35.1 Å². The number of rotatable bonds is 8. The molecule has 574 valence electrons. The summed E-state index contributed by atoms with van der Waals surface area (Å²) in [5.74, 6) is 0. The molecule has 0 fully saturated rings. The van der Waals surface area contributed by atoms with Crippen LogP contribution in [-0.4, -0.2) is 0 Å². The second kappa shape index (κ2) is 76.3. The first-order valence-corrected chi connectivity index (χ1v) is 40.6. The molecule has 13 aromatic carbocycles. The van der Waals surface area contributed by atoms with Gasteiger partial charge < -0.3 is 0 Å². The Hall–Kier alpha value is -10.4. The van der Waals surface area contributed by atoms with E-state index < -0.39 is 0 Å². The molecule has 0 saturated heterocycles. The first kappa shape index (κ1) is 102. The van der Waals surface area contributed by atoms with E-state index in [1.807, 2.05) is 234 Å². The lowest BCUT2D eigenvalue weighted by molar-refractivity contribution is 0.685. The van der Waals surface area contributed by atoms with Gasteiger partial charge in [0.25, 0.3) is 0 Å². The summed E-state index contributed by atoms with van der Waals surface area (Å²) in [7, 11) is 0. The predicted octanol–water partition coefficient (Wildman–Crippen LogP) is 33.5. The van der Waals surface area contributed by atoms with E-state index in [0.29, 0.717) is 0 Å². The molecule has 0 spiro atoms. The molecular formula is C108H142. The van der Waals surface area contributed by atoms with Gasteiger partial charge in [0.05, 0.1) is 0 Å². The Bertz CT molecular complexity index is 3570. The summed E-state index contributed by atoms with van der Waals surface area (Å²) in [6, 6.07) is 126. The standard InChI is InChI=1S/2C14H14.2C14H12.C10H12.C10H8.2C7H8.9C2H6/c2*1-12-7-9-14(10-8-12)11-13-5-3-2-4-6-13;2*1-3-7-13(8-4-1)11-12-14-9-5-2-6-10-14;2*1-2-6-10-8-4-3-7-9(10)5-1;2*1-7-5-3-2-4-6-7;9*1-2/h2*2-10H,11H2,1H3;2*1-12H;1-2,5-6H,3-4,7-8H2;1-8H;2*2-6H,1H3;9*1-2H3/b;;2*12-11+;;;;;;;;;;;;;. The molecule has 1 aliphatic rings. The van der Waals surface area contributed by atoms with Gasteiger partial charge >= 0.3 is 0 Å². The van der Waals surface area contributed by atoms with Crippen LogP contribution in [0.4, 0.5) is 0 Å². The summed E-state index contributed by atoms with van der Waals surface area (Å²) in [5, 5.41) is 2.62. The maximum atomic E-state index is 2.26. The Kier molecular flexibility index (Phi) is 71.9. The molecule has 0 N–H and O–H groups in total. The highest BCUT2D eigenvalue weighted by molar-refractivity contribution is 5.82. The molecule has 0 heteroatoms. The number of hydrogen-bond acceptors (Lipinski definition) is 0. The van der Waals surface area contributed by atoms with Gasteiger partial charge in [-0.25, -0.2) is 0 Å². The maximum absolute atomic E-state index is 2.26. The summed E-state index contributed by atoms with van der Waals surface area (Å²) in [4.78, 5) is 0. The van der Waals surface area contributed by atoms with Crippen LogP contribution in [-0.2, 0) is 25.7 Å². The average molecular weight is 1440 g/mol. The Labute approximate surface area is 663 Å². The van der Waals surface area contributed by atoms with Crippen LogP contribution < -0.4 is 0 Å². The van der Waals surface area contributed by atoms with Gasteiger partial charge in [0.15, 0.2) is 0 Å². The normalized spacial score (nSPS) is 9.43. The van der Waals surface area contributed by atoms with E-state index in [0.717, 1.165) is 12.8 Å². The molecule has 0 saturated carbocycles. The van der Waals surface area contributed by atoms with Crippen molar-refractivity contribution < 1.29 is 0 Å². The SMILES string of the molecule is C(=C\c1ccccc1)/c1ccccc1.C(=C\c1ccccc1)/c1ccccc1.CC.CC.CC.CC.CC.CC.CC.CC.CC.Cc1ccc(Cc2ccccc2)cc1.Cc1ccc(Cc2ccccc2)cc1.Cc1ccccc1.Cc1ccccc1.c1ccc2c(c1)CCCC2.c1ccc2ccccc2c1. The van der Waals surface area contributed by atoms with Crippen molar-refractivity contribution in [2.75, 3.05) is 0 Å². The molecular weight excluding hydrogens is 1300 g/mol. The molecule has 0 aromatic heterocycles. The van der Waals surface area contributed by atoms with E-state index >= 15 is 0 Å². The van der Waals surface area contributed by atoms with Crippen molar-refractivity contribution in [2.45, 2.75) is 191 Å². The molecule has 1 aliphatic carbocycles. The molecule has 14 rings (SSSR count). The summed E-state index contributed by atoms with van der Waals surface area (Å²) >= 11 is 0. The minimum atomic E-state index is 1.03. The molecule has 0 unspecified atom stereocenters. The fraction of sp³-hybridized carbons (Fsp3) is 0.259. The Balaban J connectivity index is -0.00000114. The second-order valence-corrected chi connectivity index (χ2v) is 22.2. The quantitative estimate of drug-likeness (QED) is 0.133. The lowest BCUT2D eigenvalue weighted by Gasteiger charge is -2.13. The van der Waals surface area contributed by atoms with Gasteiger partial charge in [0.1, 0.15) is 0 Å². The van der Waals surface area contributed by atoms with Gasteiger partial charge in [-0.2, -0.15) is 0 Å². The number of benzene rings is 13. The summed E-state index contributed by atoms with van der Waals surface area (Å²) in [6.07, 6.45) is 15.9. The molecule has 0 aliphatic heterocycles. The molecule has 0 bridgehead atoms. The lowest BCUT2D eigenvalue weighted by Crippen LogP contribution is -2.00. The highest BCUT2D eigenvalue weighted by Crippen LogP contribution is 2.20. The fourth-order valence-electron chi connectivity index (χ4n) is 9.59. The van der Waals surface area contributed by atoms with Gasteiger partial charge in [-0.3, -0.25) is 0 Å². The van der Waals surface area contributed by atoms with Crippen LogP contribution >= 0.6 is 0 Å². The van der Waals surface area contributed by atoms with Crippen molar-refractivity contribution >= 4 is 35.1 Å². The number of aryl methyl sites for hydroxylation is 6. The summed E-state index contributed by atoms with van der Waals surface area (Å²) in [6.45, 7) is 44.4. The first-order valence-electron chi connectivity index (χ1n) is 40.6. The summed E-state index contributed by atoms with van der Waals surface area (Å²) in [5.41, 5.74) is 18.9. The van der Waals surface area contributed by atoms with Crippen LogP contribution in [0.15, 0.2) is 364 Å². The van der Waals surface area contributed by atoms with Crippen LogP contribution in [0.5, 0.6) is 0 Å². The van der Waals surface area contributed by atoms with Crippen LogP contribution in [0.1, 0.15) is 215 Å². The third-order valence-electron chi connectivity index (χ3n) is 14.7. The van der Waals surface area contributed by atoms with E-state index in [-0.39, 0.29) is 0 Å². The van der Waals surface area contributed by atoms with Crippen LogP contribution in [0, 0.1) is 27.7 Å². The lowest BCUT2D eigenvalue weighted by atomic mass is 9.92. The zero-order chi connectivity index (χ0) is 80.7. The van der Waals surface area contributed by atoms with Crippen molar-refractivity contribution in [1.29, 1.82) is 0 Å². The predicted molar refractivity (Wildman–Crippen MR) is 496 cm³/mol. The average Bonchev–Trinajstić information content (AvgIpc) is 0.881. The topological polar surface area (TPSA) is 0 Å². The van der Waals surface area contributed by atoms with Gasteiger partial charge in [-0.1, -0.05) is 535 Å². The van der Waals surface area contributed by atoms with E-state index in [1.54, 1.807) is 11.1 Å². The molecule has 0 nitrogen and oxygen atoms in total. The molecule has 108 heavy (non-hydrogen) atoms. The monoisotopic (exact) mass is 1440 g/mol. The van der Waals surface area contributed by atoms with Gasteiger partial charge in [0, 0.05) is 0 Å². The molecule has 0 atom stereocenters. The smallest absolute Gasteiger partial charge is 0.00258 e. The first-order chi connectivity index (χ1) is 53.3. The third-order valence-corrected chi connectivity index (χ3v) is 14.7. The highest BCUT2D eigenvalue weighted by Gasteiger charge is 2.06. The van der Waals surface area contributed by atoms with Crippen molar-refractivity contribution in [1.82, 2.24) is 0 Å². The number of hydrogen-bond donors (Lipinski definition) is 0.